The Bertz CT molecular complexity index is 770. The molecule has 7 nitrogen and oxygen atoms in total. The molecule has 0 bridgehead atoms. The maximum absolute atomic E-state index is 12.6. The van der Waals surface area contributed by atoms with Gasteiger partial charge in [0.25, 0.3) is 0 Å². The second kappa shape index (κ2) is 5.72. The highest BCUT2D eigenvalue weighted by atomic mass is 16.2. The first kappa shape index (κ1) is 15.4. The van der Waals surface area contributed by atoms with Crippen LogP contribution in [0.3, 0.4) is 0 Å². The van der Waals surface area contributed by atoms with Gasteiger partial charge in [0.05, 0.1) is 0 Å². The fourth-order valence-corrected chi connectivity index (χ4v) is 3.66. The van der Waals surface area contributed by atoms with Crippen molar-refractivity contribution >= 4 is 5.91 Å². The molecule has 2 aromatic heterocycles. The van der Waals surface area contributed by atoms with E-state index in [1.807, 2.05) is 21.2 Å². The van der Waals surface area contributed by atoms with Crippen LogP contribution in [0.5, 0.6) is 0 Å². The van der Waals surface area contributed by atoms with Crippen molar-refractivity contribution < 1.29 is 4.79 Å². The smallest absolute Gasteiger partial charge is 0.225 e. The standard InChI is InChI=1S/C17H24N6O/c1-11(2)23-10-18-19-16(23)15-13-9-22(17(24)12-5-4-6-12)8-7-14(13)21(3)20-15/h10-12H,4-9H2,1-3H3. The third-order valence-corrected chi connectivity index (χ3v) is 5.35. The largest absolute Gasteiger partial charge is 0.338 e. The molecular formula is C17H24N6O. The first-order valence-electron chi connectivity index (χ1n) is 8.79. The zero-order chi connectivity index (χ0) is 16.8. The van der Waals surface area contributed by atoms with Gasteiger partial charge < -0.3 is 9.47 Å². The summed E-state index contributed by atoms with van der Waals surface area (Å²) in [5.41, 5.74) is 3.21. The van der Waals surface area contributed by atoms with Crippen LogP contribution in [0.4, 0.5) is 0 Å². The lowest BCUT2D eigenvalue weighted by molar-refractivity contribution is -0.139. The summed E-state index contributed by atoms with van der Waals surface area (Å²) in [4.78, 5) is 14.6. The minimum atomic E-state index is 0.242. The molecule has 0 saturated heterocycles. The molecule has 24 heavy (non-hydrogen) atoms. The SMILES string of the molecule is CC(C)n1cnnc1-c1nn(C)c2c1CN(C(=O)C1CCC1)CC2. The summed E-state index contributed by atoms with van der Waals surface area (Å²) < 4.78 is 3.98. The summed E-state index contributed by atoms with van der Waals surface area (Å²) in [6.45, 7) is 5.64. The highest BCUT2D eigenvalue weighted by molar-refractivity contribution is 5.80. The number of aryl methyl sites for hydroxylation is 1. The number of carbonyl (C=O) groups excluding carboxylic acids is 1. The van der Waals surface area contributed by atoms with Crippen molar-refractivity contribution in [2.24, 2.45) is 13.0 Å². The van der Waals surface area contributed by atoms with Gasteiger partial charge in [0.15, 0.2) is 5.82 Å². The van der Waals surface area contributed by atoms with Gasteiger partial charge in [-0.05, 0) is 26.7 Å². The molecule has 2 aromatic rings. The lowest BCUT2D eigenvalue weighted by Gasteiger charge is -2.34. The second-order valence-electron chi connectivity index (χ2n) is 7.19. The molecule has 128 valence electrons. The van der Waals surface area contributed by atoms with E-state index in [2.05, 4.69) is 24.0 Å². The molecule has 7 heteroatoms. The van der Waals surface area contributed by atoms with E-state index in [4.69, 9.17) is 5.10 Å². The molecular weight excluding hydrogens is 304 g/mol. The van der Waals surface area contributed by atoms with Crippen LogP contribution < -0.4 is 0 Å². The van der Waals surface area contributed by atoms with Gasteiger partial charge in [-0.25, -0.2) is 0 Å². The van der Waals surface area contributed by atoms with Crippen molar-refractivity contribution in [1.29, 1.82) is 0 Å². The van der Waals surface area contributed by atoms with E-state index in [9.17, 15) is 4.79 Å². The van der Waals surface area contributed by atoms with Gasteiger partial charge in [0.2, 0.25) is 5.91 Å². The molecule has 3 heterocycles. The average molecular weight is 328 g/mol. The predicted molar refractivity (Wildman–Crippen MR) is 89.1 cm³/mol. The van der Waals surface area contributed by atoms with Crippen molar-refractivity contribution in [2.75, 3.05) is 6.54 Å². The summed E-state index contributed by atoms with van der Waals surface area (Å²) in [6, 6.07) is 0.268. The fraction of sp³-hybridized carbons (Fsp3) is 0.647. The highest BCUT2D eigenvalue weighted by Gasteiger charge is 2.34. The second-order valence-corrected chi connectivity index (χ2v) is 7.19. The molecule has 0 aromatic carbocycles. The predicted octanol–water partition coefficient (Wildman–Crippen LogP) is 1.94. The zero-order valence-corrected chi connectivity index (χ0v) is 14.6. The number of aromatic nitrogens is 5. The number of amides is 1. The Morgan fingerprint density at radius 2 is 2.12 bits per heavy atom. The first-order valence-corrected chi connectivity index (χ1v) is 8.79. The van der Waals surface area contributed by atoms with Crippen LogP contribution in [-0.4, -0.2) is 41.9 Å². The van der Waals surface area contributed by atoms with Gasteiger partial charge in [-0.1, -0.05) is 6.42 Å². The Morgan fingerprint density at radius 3 is 2.79 bits per heavy atom. The van der Waals surface area contributed by atoms with Crippen LogP contribution in [-0.2, 0) is 24.8 Å². The Kier molecular flexibility index (Phi) is 3.66. The highest BCUT2D eigenvalue weighted by Crippen LogP contribution is 2.33. The van der Waals surface area contributed by atoms with Gasteiger partial charge in [-0.3, -0.25) is 9.48 Å². The summed E-state index contributed by atoms with van der Waals surface area (Å²) >= 11 is 0. The van der Waals surface area contributed by atoms with Crippen molar-refractivity contribution in [3.05, 3.63) is 17.6 Å². The molecule has 0 unspecified atom stereocenters. The van der Waals surface area contributed by atoms with Crippen LogP contribution in [0.2, 0.25) is 0 Å². The molecule has 4 rings (SSSR count). The van der Waals surface area contributed by atoms with E-state index in [0.717, 1.165) is 42.9 Å². The molecule has 1 amide bonds. The Hall–Kier alpha value is -2.18. The van der Waals surface area contributed by atoms with Gasteiger partial charge in [-0.2, -0.15) is 5.10 Å². The third kappa shape index (κ3) is 2.34. The number of hydrogen-bond donors (Lipinski definition) is 0. The van der Waals surface area contributed by atoms with Crippen LogP contribution >= 0.6 is 0 Å². The topological polar surface area (TPSA) is 68.8 Å². The number of rotatable bonds is 3. The number of nitrogens with zero attached hydrogens (tertiary/aromatic N) is 6. The van der Waals surface area contributed by atoms with Crippen LogP contribution in [0, 0.1) is 5.92 Å². The van der Waals surface area contributed by atoms with E-state index in [1.165, 1.54) is 12.1 Å². The lowest BCUT2D eigenvalue weighted by atomic mass is 9.84. The van der Waals surface area contributed by atoms with Gasteiger partial charge in [0.1, 0.15) is 12.0 Å². The van der Waals surface area contributed by atoms with E-state index < -0.39 is 0 Å². The summed E-state index contributed by atoms with van der Waals surface area (Å²) in [5, 5.41) is 13.1. The molecule has 1 saturated carbocycles. The minimum absolute atomic E-state index is 0.242. The average Bonchev–Trinajstić information content (AvgIpc) is 3.10. The Balaban J connectivity index is 1.69. The monoisotopic (exact) mass is 328 g/mol. The number of carbonyl (C=O) groups is 1. The Morgan fingerprint density at radius 1 is 1.33 bits per heavy atom. The molecule has 0 radical (unpaired) electrons. The zero-order valence-electron chi connectivity index (χ0n) is 14.6. The molecule has 1 aliphatic heterocycles. The van der Waals surface area contributed by atoms with Gasteiger partial charge >= 0.3 is 0 Å². The normalized spacial score (nSPS) is 17.9. The van der Waals surface area contributed by atoms with E-state index >= 15 is 0 Å². The first-order chi connectivity index (χ1) is 11.6. The minimum Gasteiger partial charge on any atom is -0.338 e. The maximum atomic E-state index is 12.6. The third-order valence-electron chi connectivity index (χ3n) is 5.35. The summed E-state index contributed by atoms with van der Waals surface area (Å²) in [6.07, 6.45) is 5.88. The van der Waals surface area contributed by atoms with Crippen LogP contribution in [0.15, 0.2) is 6.33 Å². The number of hydrogen-bond acceptors (Lipinski definition) is 4. The molecule has 1 aliphatic carbocycles. The summed E-state index contributed by atoms with van der Waals surface area (Å²) in [7, 11) is 1.97. The van der Waals surface area contributed by atoms with Gasteiger partial charge in [-0.15, -0.1) is 10.2 Å². The molecule has 0 spiro atoms. The fourth-order valence-electron chi connectivity index (χ4n) is 3.66. The van der Waals surface area contributed by atoms with E-state index in [0.29, 0.717) is 12.5 Å². The van der Waals surface area contributed by atoms with Crippen molar-refractivity contribution in [3.8, 4) is 11.5 Å². The van der Waals surface area contributed by atoms with Crippen molar-refractivity contribution in [3.63, 3.8) is 0 Å². The van der Waals surface area contributed by atoms with E-state index in [-0.39, 0.29) is 12.0 Å². The van der Waals surface area contributed by atoms with Crippen LogP contribution in [0.25, 0.3) is 11.5 Å². The van der Waals surface area contributed by atoms with Crippen molar-refractivity contribution in [2.45, 2.75) is 52.1 Å². The van der Waals surface area contributed by atoms with E-state index in [1.54, 1.807) is 6.33 Å². The quantitative estimate of drug-likeness (QED) is 0.863. The molecule has 2 aliphatic rings. The molecule has 0 N–H and O–H groups in total. The molecule has 0 atom stereocenters. The lowest BCUT2D eigenvalue weighted by Crippen LogP contribution is -2.42. The van der Waals surface area contributed by atoms with Gasteiger partial charge in [0, 0.05) is 49.8 Å². The summed E-state index contributed by atoms with van der Waals surface area (Å²) in [5.74, 6) is 1.35. The Labute approximate surface area is 141 Å². The number of fused-ring (bicyclic) bond motifs is 1. The maximum Gasteiger partial charge on any atom is 0.225 e. The van der Waals surface area contributed by atoms with Crippen molar-refractivity contribution in [1.82, 2.24) is 29.4 Å². The molecule has 1 fully saturated rings. The van der Waals surface area contributed by atoms with Crippen LogP contribution in [0.1, 0.15) is 50.4 Å².